The zero-order valence-electron chi connectivity index (χ0n) is 9.57. The molecule has 0 radical (unpaired) electrons. The molecule has 0 aromatic carbocycles. The Morgan fingerprint density at radius 3 is 2.95 bits per heavy atom. The molecule has 7 nitrogen and oxygen atoms in total. The maximum absolute atomic E-state index is 11.7. The molecular formula is C11H9N3O4S. The van der Waals surface area contributed by atoms with Crippen molar-refractivity contribution in [3.8, 4) is 5.75 Å². The normalized spacial score (nSPS) is 10.1. The van der Waals surface area contributed by atoms with E-state index in [1.807, 2.05) is 17.5 Å². The summed E-state index contributed by atoms with van der Waals surface area (Å²) in [6.07, 6.45) is 1.14. The third kappa shape index (κ3) is 3.26. The van der Waals surface area contributed by atoms with Gasteiger partial charge >= 0.3 is 0 Å². The molecule has 19 heavy (non-hydrogen) atoms. The molecule has 0 aliphatic carbocycles. The first-order valence-electron chi connectivity index (χ1n) is 5.22. The SMILES string of the molecule is O=C(Cc1cccs1)Nc1ncc([N+](=O)[O-])cc1O. The number of amides is 1. The number of rotatable bonds is 4. The Morgan fingerprint density at radius 1 is 1.58 bits per heavy atom. The van der Waals surface area contributed by atoms with E-state index in [0.717, 1.165) is 17.1 Å². The summed E-state index contributed by atoms with van der Waals surface area (Å²) in [5, 5.41) is 24.3. The van der Waals surface area contributed by atoms with Crippen molar-refractivity contribution in [2.75, 3.05) is 5.32 Å². The molecule has 0 spiro atoms. The summed E-state index contributed by atoms with van der Waals surface area (Å²) >= 11 is 1.44. The van der Waals surface area contributed by atoms with Crippen LogP contribution in [0.3, 0.4) is 0 Å². The number of hydrogen-bond donors (Lipinski definition) is 2. The molecule has 2 N–H and O–H groups in total. The summed E-state index contributed by atoms with van der Waals surface area (Å²) in [5.41, 5.74) is -0.339. The van der Waals surface area contributed by atoms with Crippen LogP contribution < -0.4 is 5.32 Å². The number of carbonyl (C=O) groups excluding carboxylic acids is 1. The maximum Gasteiger partial charge on any atom is 0.291 e. The highest BCUT2D eigenvalue weighted by Crippen LogP contribution is 2.25. The third-order valence-electron chi connectivity index (χ3n) is 2.24. The van der Waals surface area contributed by atoms with Crippen LogP contribution >= 0.6 is 11.3 Å². The van der Waals surface area contributed by atoms with Gasteiger partial charge in [-0.3, -0.25) is 14.9 Å². The van der Waals surface area contributed by atoms with Crippen LogP contribution in [0, 0.1) is 10.1 Å². The molecule has 0 bridgehead atoms. The minimum atomic E-state index is -0.677. The van der Waals surface area contributed by atoms with Gasteiger partial charge in [0.1, 0.15) is 6.20 Å². The second kappa shape index (κ2) is 5.44. The Labute approximate surface area is 111 Å². The molecule has 98 valence electrons. The molecule has 1 amide bonds. The molecule has 0 unspecified atom stereocenters. The highest BCUT2D eigenvalue weighted by molar-refractivity contribution is 7.10. The lowest BCUT2D eigenvalue weighted by atomic mass is 10.3. The standard InChI is InChI=1S/C11H9N3O4S/c15-9-4-7(14(17)18)6-12-11(9)13-10(16)5-8-2-1-3-19-8/h1-4,6,15H,5H2,(H,12,13,16). The van der Waals surface area contributed by atoms with Crippen molar-refractivity contribution >= 4 is 28.7 Å². The van der Waals surface area contributed by atoms with Gasteiger partial charge in [0.25, 0.3) is 5.69 Å². The van der Waals surface area contributed by atoms with Crippen molar-refractivity contribution in [3.63, 3.8) is 0 Å². The highest BCUT2D eigenvalue weighted by atomic mass is 32.1. The van der Waals surface area contributed by atoms with Gasteiger partial charge in [0, 0.05) is 4.88 Å². The van der Waals surface area contributed by atoms with Crippen LogP contribution in [0.2, 0.25) is 0 Å². The van der Waals surface area contributed by atoms with Crippen molar-refractivity contribution in [1.82, 2.24) is 4.98 Å². The van der Waals surface area contributed by atoms with Crippen LogP contribution in [-0.2, 0) is 11.2 Å². The molecule has 0 aliphatic rings. The third-order valence-corrected chi connectivity index (χ3v) is 3.11. The van der Waals surface area contributed by atoms with Crippen LogP contribution in [-0.4, -0.2) is 20.9 Å². The highest BCUT2D eigenvalue weighted by Gasteiger charge is 2.14. The Morgan fingerprint density at radius 2 is 2.37 bits per heavy atom. The number of aromatic hydroxyl groups is 1. The molecule has 0 saturated carbocycles. The number of nitrogens with one attached hydrogen (secondary N) is 1. The van der Waals surface area contributed by atoms with Gasteiger partial charge in [0.15, 0.2) is 11.6 Å². The molecule has 0 saturated heterocycles. The van der Waals surface area contributed by atoms with E-state index in [-0.39, 0.29) is 23.8 Å². The lowest BCUT2D eigenvalue weighted by Crippen LogP contribution is -2.14. The number of nitrogens with zero attached hydrogens (tertiary/aromatic N) is 2. The van der Waals surface area contributed by atoms with Crippen LogP contribution in [0.5, 0.6) is 5.75 Å². The van der Waals surface area contributed by atoms with Gasteiger partial charge in [-0.15, -0.1) is 11.3 Å². The zero-order chi connectivity index (χ0) is 13.8. The fraction of sp³-hybridized carbons (Fsp3) is 0.0909. The van der Waals surface area contributed by atoms with E-state index >= 15 is 0 Å². The van der Waals surface area contributed by atoms with E-state index < -0.39 is 10.7 Å². The molecule has 0 atom stereocenters. The van der Waals surface area contributed by atoms with Gasteiger partial charge in [-0.05, 0) is 11.4 Å². The number of aromatic nitrogens is 1. The summed E-state index contributed by atoms with van der Waals surface area (Å²) in [7, 11) is 0. The molecular weight excluding hydrogens is 270 g/mol. The summed E-state index contributed by atoms with van der Waals surface area (Å²) in [4.78, 5) is 26.0. The predicted molar refractivity (Wildman–Crippen MR) is 69.2 cm³/mol. The van der Waals surface area contributed by atoms with E-state index in [9.17, 15) is 20.0 Å². The lowest BCUT2D eigenvalue weighted by molar-refractivity contribution is -0.385. The number of carbonyl (C=O) groups is 1. The van der Waals surface area contributed by atoms with Crippen molar-refractivity contribution in [1.29, 1.82) is 0 Å². The van der Waals surface area contributed by atoms with E-state index in [4.69, 9.17) is 0 Å². The van der Waals surface area contributed by atoms with Crippen molar-refractivity contribution in [2.24, 2.45) is 0 Å². The minimum Gasteiger partial charge on any atom is -0.504 e. The molecule has 0 fully saturated rings. The minimum absolute atomic E-state index is 0.0906. The topological polar surface area (TPSA) is 105 Å². The molecule has 0 aliphatic heterocycles. The van der Waals surface area contributed by atoms with Gasteiger partial charge in [-0.1, -0.05) is 6.07 Å². The molecule has 8 heteroatoms. The van der Waals surface area contributed by atoms with E-state index in [2.05, 4.69) is 10.3 Å². The number of thiophene rings is 1. The van der Waals surface area contributed by atoms with Crippen molar-refractivity contribution < 1.29 is 14.8 Å². The van der Waals surface area contributed by atoms with Gasteiger partial charge in [-0.25, -0.2) is 4.98 Å². The molecule has 2 aromatic rings. The maximum atomic E-state index is 11.7. The summed E-state index contributed by atoms with van der Waals surface area (Å²) in [6, 6.07) is 4.58. The van der Waals surface area contributed by atoms with Gasteiger partial charge in [0.05, 0.1) is 17.4 Å². The number of hydrogen-bond acceptors (Lipinski definition) is 6. The van der Waals surface area contributed by atoms with Crippen LogP contribution in [0.4, 0.5) is 11.5 Å². The Balaban J connectivity index is 2.07. The monoisotopic (exact) mass is 279 g/mol. The quantitative estimate of drug-likeness (QED) is 0.657. The average Bonchev–Trinajstić information content (AvgIpc) is 2.84. The van der Waals surface area contributed by atoms with Crippen molar-refractivity contribution in [2.45, 2.75) is 6.42 Å². The zero-order valence-corrected chi connectivity index (χ0v) is 10.4. The second-order valence-corrected chi connectivity index (χ2v) is 4.65. The number of nitro groups is 1. The molecule has 2 rings (SSSR count). The molecule has 2 aromatic heterocycles. The van der Waals surface area contributed by atoms with Crippen LogP contribution in [0.1, 0.15) is 4.88 Å². The summed E-state index contributed by atoms with van der Waals surface area (Å²) in [6.45, 7) is 0. The van der Waals surface area contributed by atoms with E-state index in [0.29, 0.717) is 0 Å². The average molecular weight is 279 g/mol. The smallest absolute Gasteiger partial charge is 0.291 e. The first kappa shape index (κ1) is 13.0. The van der Waals surface area contributed by atoms with Crippen LogP contribution in [0.25, 0.3) is 0 Å². The Kier molecular flexibility index (Phi) is 3.71. The second-order valence-electron chi connectivity index (χ2n) is 3.62. The Bertz CT molecular complexity index is 612. The first-order valence-corrected chi connectivity index (χ1v) is 6.10. The fourth-order valence-corrected chi connectivity index (χ4v) is 2.09. The van der Waals surface area contributed by atoms with Crippen molar-refractivity contribution in [3.05, 3.63) is 44.8 Å². The summed E-state index contributed by atoms with van der Waals surface area (Å²) < 4.78 is 0. The fourth-order valence-electron chi connectivity index (χ4n) is 1.39. The largest absolute Gasteiger partial charge is 0.504 e. The van der Waals surface area contributed by atoms with Crippen LogP contribution in [0.15, 0.2) is 29.8 Å². The van der Waals surface area contributed by atoms with E-state index in [1.54, 1.807) is 0 Å². The van der Waals surface area contributed by atoms with E-state index in [1.165, 1.54) is 11.3 Å². The van der Waals surface area contributed by atoms with Gasteiger partial charge in [-0.2, -0.15) is 0 Å². The number of pyridine rings is 1. The first-order chi connectivity index (χ1) is 9.06. The Hall–Kier alpha value is -2.48. The molecule has 2 heterocycles. The van der Waals surface area contributed by atoms with Gasteiger partial charge in [0.2, 0.25) is 5.91 Å². The summed E-state index contributed by atoms with van der Waals surface area (Å²) in [5.74, 6) is -0.875. The number of anilines is 1. The predicted octanol–water partition coefficient (Wildman–Crippen LogP) is 1.94. The lowest BCUT2D eigenvalue weighted by Gasteiger charge is -2.05. The van der Waals surface area contributed by atoms with Gasteiger partial charge < -0.3 is 10.4 Å².